The molecule has 2 saturated carbocycles. The molecule has 1 aromatic rings. The van der Waals surface area contributed by atoms with Crippen LogP contribution in [0.4, 0.5) is 0 Å². The highest BCUT2D eigenvalue weighted by molar-refractivity contribution is 14.0. The van der Waals surface area contributed by atoms with Crippen LogP contribution < -0.4 is 10.6 Å². The first-order valence-electron chi connectivity index (χ1n) is 11.1. The van der Waals surface area contributed by atoms with Gasteiger partial charge in [-0.25, -0.2) is 0 Å². The molecule has 0 amide bonds. The van der Waals surface area contributed by atoms with Crippen LogP contribution in [0.3, 0.4) is 0 Å². The summed E-state index contributed by atoms with van der Waals surface area (Å²) in [6.07, 6.45) is 6.86. The summed E-state index contributed by atoms with van der Waals surface area (Å²) >= 11 is 0. The monoisotopic (exact) mass is 510 g/mol. The molecular formula is C23H35IN4O. The summed E-state index contributed by atoms with van der Waals surface area (Å²) in [5, 5.41) is 7.53. The molecule has 6 heteroatoms. The van der Waals surface area contributed by atoms with Gasteiger partial charge in [0.15, 0.2) is 5.96 Å². The van der Waals surface area contributed by atoms with Crippen molar-refractivity contribution in [2.24, 2.45) is 16.3 Å². The molecule has 4 aliphatic rings. The standard InChI is InChI=1S/C23H34N4O.HI/c1-16(17-7-4-3-5-8-17)27-13-9-18(15-27)25-22(24-2)26-20-19-10-14-28-21(19)23(20)11-6-12-23;/h3-5,7-8,16,18-21H,6,9-15H2,1-2H3,(H2,24,25,26);1H. The molecule has 5 rings (SSSR count). The fraction of sp³-hybridized carbons (Fsp3) is 0.696. The molecule has 2 saturated heterocycles. The van der Waals surface area contributed by atoms with Crippen molar-refractivity contribution in [3.05, 3.63) is 35.9 Å². The molecule has 2 N–H and O–H groups in total. The molecule has 0 bridgehead atoms. The number of fused-ring (bicyclic) bond motifs is 2. The van der Waals surface area contributed by atoms with Crippen molar-refractivity contribution in [2.75, 3.05) is 26.7 Å². The Labute approximate surface area is 192 Å². The van der Waals surface area contributed by atoms with E-state index in [9.17, 15) is 0 Å². The smallest absolute Gasteiger partial charge is 0.191 e. The van der Waals surface area contributed by atoms with Crippen LogP contribution in [-0.4, -0.2) is 55.8 Å². The zero-order valence-electron chi connectivity index (χ0n) is 17.6. The van der Waals surface area contributed by atoms with Crippen molar-refractivity contribution in [1.29, 1.82) is 0 Å². The van der Waals surface area contributed by atoms with Gasteiger partial charge in [-0.15, -0.1) is 24.0 Å². The third-order valence-electron chi connectivity index (χ3n) is 7.94. The first-order chi connectivity index (χ1) is 13.7. The molecule has 160 valence electrons. The number of aliphatic imine (C=N–C) groups is 1. The van der Waals surface area contributed by atoms with Gasteiger partial charge in [-0.3, -0.25) is 9.89 Å². The highest BCUT2D eigenvalue weighted by atomic mass is 127. The van der Waals surface area contributed by atoms with E-state index in [2.05, 4.69) is 57.8 Å². The van der Waals surface area contributed by atoms with E-state index in [0.29, 0.717) is 35.6 Å². The predicted molar refractivity (Wildman–Crippen MR) is 128 cm³/mol. The van der Waals surface area contributed by atoms with Gasteiger partial charge in [0.2, 0.25) is 0 Å². The van der Waals surface area contributed by atoms with Crippen molar-refractivity contribution in [3.8, 4) is 0 Å². The summed E-state index contributed by atoms with van der Waals surface area (Å²) in [5.74, 6) is 1.66. The van der Waals surface area contributed by atoms with Crippen LogP contribution in [0, 0.1) is 11.3 Å². The van der Waals surface area contributed by atoms with E-state index in [1.165, 1.54) is 37.7 Å². The lowest BCUT2D eigenvalue weighted by Gasteiger charge is -2.63. The number of hydrogen-bond acceptors (Lipinski definition) is 3. The van der Waals surface area contributed by atoms with Gasteiger partial charge < -0.3 is 15.4 Å². The average molecular weight is 510 g/mol. The SMILES string of the molecule is CN=C(NC1CCN(C(C)c2ccccc2)C1)NC1C2CCOC2C12CCC2.I. The third kappa shape index (κ3) is 3.69. The minimum absolute atomic E-state index is 0. The predicted octanol–water partition coefficient (Wildman–Crippen LogP) is 3.56. The molecule has 2 aliphatic carbocycles. The van der Waals surface area contributed by atoms with E-state index in [-0.39, 0.29) is 24.0 Å². The van der Waals surface area contributed by atoms with Crippen LogP contribution in [0.15, 0.2) is 35.3 Å². The number of nitrogens with one attached hydrogen (secondary N) is 2. The Balaban J connectivity index is 0.00000205. The van der Waals surface area contributed by atoms with Crippen molar-refractivity contribution in [3.63, 3.8) is 0 Å². The molecule has 5 atom stereocenters. The molecular weight excluding hydrogens is 475 g/mol. The second-order valence-electron chi connectivity index (χ2n) is 9.24. The fourth-order valence-electron chi connectivity index (χ4n) is 6.17. The van der Waals surface area contributed by atoms with E-state index in [1.54, 1.807) is 0 Å². The van der Waals surface area contributed by atoms with Crippen molar-refractivity contribution in [1.82, 2.24) is 15.5 Å². The first-order valence-corrected chi connectivity index (χ1v) is 11.1. The highest BCUT2D eigenvalue weighted by Gasteiger charge is 2.66. The number of nitrogens with zero attached hydrogens (tertiary/aromatic N) is 2. The number of halogens is 1. The average Bonchev–Trinajstić information content (AvgIpc) is 3.32. The van der Waals surface area contributed by atoms with Crippen LogP contribution in [0.5, 0.6) is 0 Å². The number of ether oxygens (including phenoxy) is 1. The Kier molecular flexibility index (Phi) is 6.42. The highest BCUT2D eigenvalue weighted by Crippen LogP contribution is 2.62. The lowest BCUT2D eigenvalue weighted by Crippen LogP contribution is -2.72. The number of hydrogen-bond donors (Lipinski definition) is 2. The van der Waals surface area contributed by atoms with Crippen LogP contribution in [0.1, 0.15) is 50.6 Å². The van der Waals surface area contributed by atoms with E-state index in [0.717, 1.165) is 25.7 Å². The van der Waals surface area contributed by atoms with E-state index in [4.69, 9.17) is 4.74 Å². The van der Waals surface area contributed by atoms with Crippen LogP contribution in [-0.2, 0) is 4.74 Å². The van der Waals surface area contributed by atoms with E-state index >= 15 is 0 Å². The van der Waals surface area contributed by atoms with Gasteiger partial charge in [-0.2, -0.15) is 0 Å². The largest absolute Gasteiger partial charge is 0.377 e. The molecule has 5 nitrogen and oxygen atoms in total. The molecule has 2 aliphatic heterocycles. The fourth-order valence-corrected chi connectivity index (χ4v) is 6.17. The molecule has 1 spiro atoms. The van der Waals surface area contributed by atoms with Gasteiger partial charge in [-0.05, 0) is 38.2 Å². The van der Waals surface area contributed by atoms with Gasteiger partial charge in [-0.1, -0.05) is 36.8 Å². The van der Waals surface area contributed by atoms with Crippen molar-refractivity contribution >= 4 is 29.9 Å². The van der Waals surface area contributed by atoms with Gasteiger partial charge in [0, 0.05) is 56.2 Å². The number of guanidine groups is 1. The van der Waals surface area contributed by atoms with Crippen molar-refractivity contribution < 1.29 is 4.74 Å². The lowest BCUT2D eigenvalue weighted by atomic mass is 9.46. The molecule has 0 aromatic heterocycles. The van der Waals surface area contributed by atoms with Gasteiger partial charge in [0.05, 0.1) is 6.10 Å². The third-order valence-corrected chi connectivity index (χ3v) is 7.94. The number of benzene rings is 1. The zero-order chi connectivity index (χ0) is 19.1. The van der Waals surface area contributed by atoms with Crippen LogP contribution >= 0.6 is 24.0 Å². The Morgan fingerprint density at radius 3 is 2.69 bits per heavy atom. The first kappa shape index (κ1) is 21.4. The minimum Gasteiger partial charge on any atom is -0.377 e. The second kappa shape index (κ2) is 8.71. The number of likely N-dealkylation sites (tertiary alicyclic amines) is 1. The molecule has 2 heterocycles. The summed E-state index contributed by atoms with van der Waals surface area (Å²) < 4.78 is 6.06. The summed E-state index contributed by atoms with van der Waals surface area (Å²) in [5.41, 5.74) is 1.79. The maximum atomic E-state index is 6.06. The Hall–Kier alpha value is -0.860. The maximum absolute atomic E-state index is 6.06. The van der Waals surface area contributed by atoms with Gasteiger partial charge >= 0.3 is 0 Å². The lowest BCUT2D eigenvalue weighted by molar-refractivity contribution is -0.171. The second-order valence-corrected chi connectivity index (χ2v) is 9.24. The molecule has 0 radical (unpaired) electrons. The van der Waals surface area contributed by atoms with Gasteiger partial charge in [0.25, 0.3) is 0 Å². The normalized spacial score (nSPS) is 33.9. The maximum Gasteiger partial charge on any atom is 0.191 e. The van der Waals surface area contributed by atoms with Crippen LogP contribution in [0.2, 0.25) is 0 Å². The molecule has 4 fully saturated rings. The molecule has 29 heavy (non-hydrogen) atoms. The summed E-state index contributed by atoms with van der Waals surface area (Å²) in [4.78, 5) is 7.16. The Bertz CT molecular complexity index is 723. The topological polar surface area (TPSA) is 48.9 Å². The summed E-state index contributed by atoms with van der Waals surface area (Å²) in [6, 6.07) is 12.3. The van der Waals surface area contributed by atoms with E-state index in [1.807, 2.05) is 7.05 Å². The minimum atomic E-state index is 0. The molecule has 5 unspecified atom stereocenters. The molecule has 1 aromatic carbocycles. The van der Waals surface area contributed by atoms with Crippen molar-refractivity contribution in [2.45, 2.75) is 63.3 Å². The van der Waals surface area contributed by atoms with E-state index < -0.39 is 0 Å². The quantitative estimate of drug-likeness (QED) is 0.370. The van der Waals surface area contributed by atoms with Gasteiger partial charge in [0.1, 0.15) is 0 Å². The Morgan fingerprint density at radius 2 is 2.00 bits per heavy atom. The zero-order valence-corrected chi connectivity index (χ0v) is 20.0. The summed E-state index contributed by atoms with van der Waals surface area (Å²) in [6.45, 7) is 5.47. The Morgan fingerprint density at radius 1 is 1.21 bits per heavy atom. The summed E-state index contributed by atoms with van der Waals surface area (Å²) in [7, 11) is 1.91. The van der Waals surface area contributed by atoms with Crippen LogP contribution in [0.25, 0.3) is 0 Å². The number of rotatable bonds is 4.